The van der Waals surface area contributed by atoms with Crippen LogP contribution in [0, 0.1) is 0 Å². The number of nitrogens with zero attached hydrogens (tertiary/aromatic N) is 3. The molecule has 1 atom stereocenters. The number of thiazole rings is 1. The Labute approximate surface area is 193 Å². The average molecular weight is 455 g/mol. The Morgan fingerprint density at radius 1 is 0.939 bits per heavy atom. The molecule has 1 aliphatic rings. The van der Waals surface area contributed by atoms with Gasteiger partial charge in [0, 0.05) is 22.8 Å². The van der Waals surface area contributed by atoms with Crippen molar-refractivity contribution in [3.8, 4) is 22.0 Å². The van der Waals surface area contributed by atoms with Gasteiger partial charge in [0.05, 0.1) is 22.5 Å². The van der Waals surface area contributed by atoms with E-state index in [1.165, 1.54) is 11.3 Å². The van der Waals surface area contributed by atoms with E-state index in [2.05, 4.69) is 15.3 Å². The number of amides is 3. The van der Waals surface area contributed by atoms with Gasteiger partial charge in [-0.25, -0.2) is 4.98 Å². The lowest BCUT2D eigenvalue weighted by molar-refractivity contribution is -0.119. The number of anilines is 1. The van der Waals surface area contributed by atoms with Crippen LogP contribution in [0.5, 0.6) is 0 Å². The van der Waals surface area contributed by atoms with Gasteiger partial charge in [0.2, 0.25) is 5.91 Å². The third-order valence-corrected chi connectivity index (χ3v) is 6.27. The van der Waals surface area contributed by atoms with Crippen LogP contribution in [0.2, 0.25) is 0 Å². The van der Waals surface area contributed by atoms with Crippen molar-refractivity contribution in [3.05, 3.63) is 89.4 Å². The molecule has 4 aromatic rings. The Hall–Kier alpha value is -4.17. The summed E-state index contributed by atoms with van der Waals surface area (Å²) in [6.45, 7) is 1.54. The first-order valence-corrected chi connectivity index (χ1v) is 11.2. The van der Waals surface area contributed by atoms with Gasteiger partial charge < -0.3 is 5.32 Å². The predicted molar refractivity (Wildman–Crippen MR) is 126 cm³/mol. The highest BCUT2D eigenvalue weighted by molar-refractivity contribution is 7.13. The van der Waals surface area contributed by atoms with Crippen molar-refractivity contribution in [2.75, 3.05) is 5.32 Å². The number of hydrogen-bond donors (Lipinski definition) is 1. The molecule has 0 saturated carbocycles. The fourth-order valence-corrected chi connectivity index (χ4v) is 4.50. The first kappa shape index (κ1) is 20.7. The fraction of sp³-hybridized carbons (Fsp3) is 0.0800. The van der Waals surface area contributed by atoms with Gasteiger partial charge in [0.15, 0.2) is 0 Å². The fourth-order valence-electron chi connectivity index (χ4n) is 3.69. The molecule has 2 aromatic heterocycles. The zero-order chi connectivity index (χ0) is 22.9. The van der Waals surface area contributed by atoms with Crippen molar-refractivity contribution in [1.29, 1.82) is 0 Å². The van der Waals surface area contributed by atoms with Crippen molar-refractivity contribution in [3.63, 3.8) is 0 Å². The number of carbonyl (C=O) groups is 3. The largest absolute Gasteiger partial charge is 0.324 e. The van der Waals surface area contributed by atoms with Gasteiger partial charge >= 0.3 is 0 Å². The second-order valence-electron chi connectivity index (χ2n) is 7.52. The first-order chi connectivity index (χ1) is 16.0. The Morgan fingerprint density at radius 3 is 2.36 bits per heavy atom. The molecule has 0 spiro atoms. The van der Waals surface area contributed by atoms with Gasteiger partial charge in [0.1, 0.15) is 11.0 Å². The second-order valence-corrected chi connectivity index (χ2v) is 8.38. The Kier molecular flexibility index (Phi) is 5.27. The molecule has 0 bridgehead atoms. The van der Waals surface area contributed by atoms with Crippen molar-refractivity contribution < 1.29 is 14.4 Å². The van der Waals surface area contributed by atoms with Gasteiger partial charge in [-0.1, -0.05) is 30.3 Å². The summed E-state index contributed by atoms with van der Waals surface area (Å²) in [4.78, 5) is 48.2. The number of nitrogens with one attached hydrogen (secondary N) is 1. The standard InChI is InChI=1S/C25H18N4O3S/c1-15(29-24(31)18-9-2-3-10-19(18)25(29)32)22(30)27-17-8-6-7-16(13-17)21-14-33-23(28-21)20-11-4-5-12-26-20/h2-15H,1H3,(H,27,30). The number of fused-ring (bicyclic) bond motifs is 1. The van der Waals surface area contributed by atoms with Crippen LogP contribution in [-0.2, 0) is 4.79 Å². The van der Waals surface area contributed by atoms with E-state index in [9.17, 15) is 14.4 Å². The number of benzene rings is 2. The maximum absolute atomic E-state index is 12.9. The highest BCUT2D eigenvalue weighted by Crippen LogP contribution is 2.29. The van der Waals surface area contributed by atoms with E-state index in [-0.39, 0.29) is 0 Å². The van der Waals surface area contributed by atoms with Crippen molar-refractivity contribution in [2.45, 2.75) is 13.0 Å². The van der Waals surface area contributed by atoms with Crippen molar-refractivity contribution >= 4 is 34.7 Å². The molecule has 0 fully saturated rings. The normalized spacial score (nSPS) is 13.7. The average Bonchev–Trinajstić information content (AvgIpc) is 3.43. The summed E-state index contributed by atoms with van der Waals surface area (Å²) in [5.74, 6) is -1.37. The summed E-state index contributed by atoms with van der Waals surface area (Å²) in [6.07, 6.45) is 1.72. The van der Waals surface area contributed by atoms with E-state index in [1.807, 2.05) is 41.8 Å². The minimum atomic E-state index is -0.962. The lowest BCUT2D eigenvalue weighted by Gasteiger charge is -2.21. The van der Waals surface area contributed by atoms with Crippen LogP contribution in [0.3, 0.4) is 0 Å². The molecule has 3 amide bonds. The molecule has 5 rings (SSSR count). The summed E-state index contributed by atoms with van der Waals surface area (Å²) >= 11 is 1.49. The van der Waals surface area contributed by atoms with Crippen LogP contribution in [-0.4, -0.2) is 38.6 Å². The first-order valence-electron chi connectivity index (χ1n) is 10.3. The molecule has 0 saturated heterocycles. The highest BCUT2D eigenvalue weighted by Gasteiger charge is 2.40. The molecule has 3 heterocycles. The van der Waals surface area contributed by atoms with Crippen LogP contribution in [0.4, 0.5) is 5.69 Å². The molecular formula is C25H18N4O3S. The topological polar surface area (TPSA) is 92.3 Å². The third-order valence-electron chi connectivity index (χ3n) is 5.41. The number of imide groups is 1. The number of hydrogen-bond acceptors (Lipinski definition) is 6. The molecule has 162 valence electrons. The monoisotopic (exact) mass is 454 g/mol. The molecular weight excluding hydrogens is 436 g/mol. The van der Waals surface area contributed by atoms with Crippen LogP contribution < -0.4 is 5.32 Å². The molecule has 33 heavy (non-hydrogen) atoms. The lowest BCUT2D eigenvalue weighted by Crippen LogP contribution is -2.45. The van der Waals surface area contributed by atoms with Crippen LogP contribution >= 0.6 is 11.3 Å². The molecule has 8 heteroatoms. The zero-order valence-electron chi connectivity index (χ0n) is 17.6. The van der Waals surface area contributed by atoms with E-state index in [1.54, 1.807) is 43.5 Å². The van der Waals surface area contributed by atoms with E-state index in [0.29, 0.717) is 16.8 Å². The second kappa shape index (κ2) is 8.40. The van der Waals surface area contributed by atoms with Gasteiger partial charge in [-0.3, -0.25) is 24.3 Å². The molecule has 1 unspecified atom stereocenters. The number of carbonyl (C=O) groups excluding carboxylic acids is 3. The maximum atomic E-state index is 12.9. The van der Waals surface area contributed by atoms with E-state index in [4.69, 9.17) is 0 Å². The van der Waals surface area contributed by atoms with E-state index < -0.39 is 23.8 Å². The molecule has 2 aromatic carbocycles. The Balaban J connectivity index is 1.33. The summed E-state index contributed by atoms with van der Waals surface area (Å²) < 4.78 is 0. The molecule has 1 aliphatic heterocycles. The van der Waals surface area contributed by atoms with E-state index in [0.717, 1.165) is 26.9 Å². The van der Waals surface area contributed by atoms with Gasteiger partial charge in [-0.15, -0.1) is 11.3 Å². The van der Waals surface area contributed by atoms with Gasteiger partial charge in [-0.2, -0.15) is 0 Å². The van der Waals surface area contributed by atoms with Crippen LogP contribution in [0.25, 0.3) is 22.0 Å². The number of pyridine rings is 1. The van der Waals surface area contributed by atoms with Crippen LogP contribution in [0.15, 0.2) is 78.3 Å². The third kappa shape index (κ3) is 3.81. The van der Waals surface area contributed by atoms with E-state index >= 15 is 0 Å². The predicted octanol–water partition coefficient (Wildman–Crippen LogP) is 4.50. The summed E-state index contributed by atoms with van der Waals surface area (Å²) in [5, 5.41) is 5.56. The van der Waals surface area contributed by atoms with Gasteiger partial charge in [0.25, 0.3) is 11.8 Å². The van der Waals surface area contributed by atoms with Crippen molar-refractivity contribution in [2.24, 2.45) is 0 Å². The maximum Gasteiger partial charge on any atom is 0.262 e. The smallest absolute Gasteiger partial charge is 0.262 e. The molecule has 7 nitrogen and oxygen atoms in total. The van der Waals surface area contributed by atoms with Crippen LogP contribution in [0.1, 0.15) is 27.6 Å². The minimum Gasteiger partial charge on any atom is -0.324 e. The quantitative estimate of drug-likeness (QED) is 0.449. The Morgan fingerprint density at radius 2 is 1.67 bits per heavy atom. The molecule has 0 radical (unpaired) electrons. The van der Waals surface area contributed by atoms with Crippen molar-refractivity contribution in [1.82, 2.24) is 14.9 Å². The highest BCUT2D eigenvalue weighted by atomic mass is 32.1. The summed E-state index contributed by atoms with van der Waals surface area (Å²) in [7, 11) is 0. The lowest BCUT2D eigenvalue weighted by atomic mass is 10.1. The van der Waals surface area contributed by atoms with Gasteiger partial charge in [-0.05, 0) is 43.3 Å². The molecule has 1 N–H and O–H groups in total. The summed E-state index contributed by atoms with van der Waals surface area (Å²) in [5.41, 5.74) is 3.58. The molecule has 0 aliphatic carbocycles. The SMILES string of the molecule is CC(C(=O)Nc1cccc(-c2csc(-c3ccccn3)n2)c1)N1C(=O)c2ccccc2C1=O. The Bertz CT molecular complexity index is 1350. The summed E-state index contributed by atoms with van der Waals surface area (Å²) in [6, 6.07) is 18.6. The number of aromatic nitrogens is 2. The number of rotatable bonds is 5. The zero-order valence-corrected chi connectivity index (χ0v) is 18.4. The minimum absolute atomic E-state index is 0.316.